The Balaban J connectivity index is 2.04. The molecule has 0 fully saturated rings. The first-order valence-electron chi connectivity index (χ1n) is 8.44. The van der Waals surface area contributed by atoms with Gasteiger partial charge < -0.3 is 0 Å². The number of hydrogen-bond acceptors (Lipinski definition) is 6. The number of nitrogens with zero attached hydrogens (tertiary/aromatic N) is 4. The summed E-state index contributed by atoms with van der Waals surface area (Å²) in [7, 11) is -5.77. The van der Waals surface area contributed by atoms with E-state index < -0.39 is 26.6 Å². The summed E-state index contributed by atoms with van der Waals surface area (Å²) in [6.45, 7) is 1.85. The predicted molar refractivity (Wildman–Crippen MR) is 107 cm³/mol. The van der Waals surface area contributed by atoms with Crippen molar-refractivity contribution in [2.75, 3.05) is 6.26 Å². The molecule has 148 valence electrons. The predicted octanol–water partition coefficient (Wildman–Crippen LogP) is 2.92. The Kier molecular flexibility index (Phi) is 4.75. The molecule has 0 N–H and O–H groups in total. The summed E-state index contributed by atoms with van der Waals surface area (Å²) in [4.78, 5) is 12.2. The zero-order valence-corrected chi connectivity index (χ0v) is 17.0. The quantitative estimate of drug-likeness (QED) is 0.462. The molecule has 1 unspecified atom stereocenters. The topological polar surface area (TPSA) is 94.8 Å². The number of fused-ring (bicyclic) bond motifs is 1. The summed E-state index contributed by atoms with van der Waals surface area (Å²) < 4.78 is 53.6. The number of pyridine rings is 1. The van der Waals surface area contributed by atoms with Crippen LogP contribution in [-0.2, 0) is 20.8 Å². The first-order valence-corrected chi connectivity index (χ1v) is 11.4. The van der Waals surface area contributed by atoms with Crippen LogP contribution in [0.5, 0.6) is 0 Å². The molecule has 1 atom stereocenters. The van der Waals surface area contributed by atoms with Gasteiger partial charge in [0.2, 0.25) is 0 Å². The maximum absolute atomic E-state index is 13.9. The van der Waals surface area contributed by atoms with Gasteiger partial charge in [0.25, 0.3) is 10.0 Å². The number of aromatic nitrogens is 4. The highest BCUT2D eigenvalue weighted by molar-refractivity contribution is 7.90. The van der Waals surface area contributed by atoms with E-state index in [4.69, 9.17) is 0 Å². The Morgan fingerprint density at radius 2 is 1.83 bits per heavy atom. The Bertz CT molecular complexity index is 1370. The third-order valence-corrected chi connectivity index (χ3v) is 6.84. The molecule has 7 nitrogen and oxygen atoms in total. The molecule has 0 bridgehead atoms. The van der Waals surface area contributed by atoms with Crippen molar-refractivity contribution >= 4 is 31.9 Å². The van der Waals surface area contributed by atoms with E-state index in [9.17, 15) is 17.0 Å². The van der Waals surface area contributed by atoms with E-state index in [1.54, 1.807) is 30.3 Å². The lowest BCUT2D eigenvalue weighted by atomic mass is 10.2. The molecular formula is C19H15FN4O3S2. The van der Waals surface area contributed by atoms with Gasteiger partial charge in [0, 0.05) is 17.8 Å². The number of aryl methyl sites for hydroxylation is 1. The van der Waals surface area contributed by atoms with Crippen LogP contribution in [0.15, 0.2) is 64.8 Å². The molecule has 0 saturated carbocycles. The zero-order chi connectivity index (χ0) is 20.8. The molecule has 29 heavy (non-hydrogen) atoms. The summed E-state index contributed by atoms with van der Waals surface area (Å²) in [6, 6.07) is 11.3. The second-order valence-corrected chi connectivity index (χ2v) is 9.41. The van der Waals surface area contributed by atoms with Gasteiger partial charge in [-0.2, -0.15) is 0 Å². The van der Waals surface area contributed by atoms with E-state index >= 15 is 0 Å². The molecule has 0 amide bonds. The van der Waals surface area contributed by atoms with Crippen LogP contribution in [0.25, 0.3) is 22.6 Å². The Hall–Kier alpha value is -2.98. The molecule has 0 aliphatic rings. The SMILES string of the molecule is Cc1ccc(S(=O)(=O)n2c(-c3ncc(F)c(S(C)=O)n3)cc3cccnc32)cc1. The maximum atomic E-state index is 13.9. The van der Waals surface area contributed by atoms with Crippen LogP contribution in [0, 0.1) is 12.7 Å². The van der Waals surface area contributed by atoms with Gasteiger partial charge in [0.15, 0.2) is 22.3 Å². The molecule has 3 heterocycles. The third-order valence-electron chi connectivity index (χ3n) is 4.29. The lowest BCUT2D eigenvalue weighted by Crippen LogP contribution is -2.15. The third kappa shape index (κ3) is 3.34. The van der Waals surface area contributed by atoms with Gasteiger partial charge in [-0.25, -0.2) is 31.7 Å². The maximum Gasteiger partial charge on any atom is 0.270 e. The van der Waals surface area contributed by atoms with Crippen molar-refractivity contribution in [3.8, 4) is 11.5 Å². The van der Waals surface area contributed by atoms with Crippen molar-refractivity contribution in [2.45, 2.75) is 16.8 Å². The van der Waals surface area contributed by atoms with E-state index in [2.05, 4.69) is 15.0 Å². The average Bonchev–Trinajstić information content (AvgIpc) is 3.09. The normalized spacial score (nSPS) is 12.9. The first kappa shape index (κ1) is 19.3. The van der Waals surface area contributed by atoms with Crippen molar-refractivity contribution in [1.29, 1.82) is 0 Å². The van der Waals surface area contributed by atoms with Gasteiger partial charge in [-0.1, -0.05) is 17.7 Å². The minimum absolute atomic E-state index is 0.0638. The van der Waals surface area contributed by atoms with Gasteiger partial charge in [-0.05, 0) is 37.3 Å². The Morgan fingerprint density at radius 3 is 2.52 bits per heavy atom. The summed E-state index contributed by atoms with van der Waals surface area (Å²) in [5.41, 5.74) is 1.21. The summed E-state index contributed by atoms with van der Waals surface area (Å²) in [6.07, 6.45) is 3.65. The Labute approximate surface area is 168 Å². The van der Waals surface area contributed by atoms with Gasteiger partial charge in [-0.15, -0.1) is 0 Å². The van der Waals surface area contributed by atoms with E-state index in [0.29, 0.717) is 5.39 Å². The fraction of sp³-hybridized carbons (Fsp3) is 0.105. The molecule has 4 rings (SSSR count). The van der Waals surface area contributed by atoms with Crippen molar-refractivity contribution in [3.05, 3.63) is 66.2 Å². The van der Waals surface area contributed by atoms with Crippen molar-refractivity contribution in [3.63, 3.8) is 0 Å². The van der Waals surface area contributed by atoms with Crippen LogP contribution in [0.2, 0.25) is 0 Å². The molecule has 4 aromatic rings. The number of halogens is 1. The lowest BCUT2D eigenvalue weighted by molar-refractivity contribution is 0.573. The molecule has 10 heteroatoms. The number of hydrogen-bond donors (Lipinski definition) is 0. The Morgan fingerprint density at radius 1 is 1.10 bits per heavy atom. The molecular weight excluding hydrogens is 415 g/mol. The van der Waals surface area contributed by atoms with Gasteiger partial charge >= 0.3 is 0 Å². The summed E-state index contributed by atoms with van der Waals surface area (Å²) in [5.74, 6) is -0.887. The van der Waals surface area contributed by atoms with Gasteiger partial charge in [-0.3, -0.25) is 4.21 Å². The fourth-order valence-corrected chi connectivity index (χ4v) is 4.91. The van der Waals surface area contributed by atoms with Crippen LogP contribution in [0.4, 0.5) is 4.39 Å². The van der Waals surface area contributed by atoms with Gasteiger partial charge in [0.05, 0.1) is 21.9 Å². The van der Waals surface area contributed by atoms with E-state index in [1.807, 2.05) is 6.92 Å². The highest BCUT2D eigenvalue weighted by Crippen LogP contribution is 2.30. The van der Waals surface area contributed by atoms with Crippen LogP contribution in [-0.4, -0.2) is 37.8 Å². The summed E-state index contributed by atoms with van der Waals surface area (Å²) in [5, 5.41) is 0.248. The molecule has 0 radical (unpaired) electrons. The molecule has 0 aliphatic carbocycles. The highest BCUT2D eigenvalue weighted by atomic mass is 32.2. The molecule has 3 aromatic heterocycles. The van der Waals surface area contributed by atoms with Crippen molar-refractivity contribution in [1.82, 2.24) is 18.9 Å². The van der Waals surface area contributed by atoms with E-state index in [-0.39, 0.29) is 27.1 Å². The smallest absolute Gasteiger partial charge is 0.253 e. The lowest BCUT2D eigenvalue weighted by Gasteiger charge is -2.11. The summed E-state index contributed by atoms with van der Waals surface area (Å²) >= 11 is 0. The highest BCUT2D eigenvalue weighted by Gasteiger charge is 2.26. The van der Waals surface area contributed by atoms with Crippen molar-refractivity contribution < 1.29 is 17.0 Å². The minimum Gasteiger partial charge on any atom is -0.253 e. The van der Waals surface area contributed by atoms with Crippen molar-refractivity contribution in [2.24, 2.45) is 0 Å². The standard InChI is InChI=1S/C19H15FN4O3S2/c1-12-5-7-14(8-6-12)29(26,27)24-16(10-13-4-3-9-21-18(13)24)17-22-11-15(20)19(23-17)28(2)25/h3-11H,1-2H3. The molecule has 0 spiro atoms. The average molecular weight is 430 g/mol. The minimum atomic E-state index is -4.06. The fourth-order valence-electron chi connectivity index (χ4n) is 2.90. The van der Waals surface area contributed by atoms with Crippen LogP contribution >= 0.6 is 0 Å². The van der Waals surface area contributed by atoms with Crippen LogP contribution in [0.1, 0.15) is 5.56 Å². The monoisotopic (exact) mass is 430 g/mol. The van der Waals surface area contributed by atoms with E-state index in [1.165, 1.54) is 24.6 Å². The molecule has 1 aromatic carbocycles. The second-order valence-electron chi connectivity index (χ2n) is 6.33. The van der Waals surface area contributed by atoms with Crippen LogP contribution in [0.3, 0.4) is 0 Å². The van der Waals surface area contributed by atoms with Gasteiger partial charge in [0.1, 0.15) is 5.69 Å². The number of benzene rings is 1. The zero-order valence-electron chi connectivity index (χ0n) is 15.4. The molecule has 0 aliphatic heterocycles. The molecule has 0 saturated heterocycles. The number of rotatable bonds is 4. The second kappa shape index (κ2) is 7.12. The van der Waals surface area contributed by atoms with E-state index in [0.717, 1.165) is 15.7 Å². The first-order chi connectivity index (χ1) is 13.8. The largest absolute Gasteiger partial charge is 0.270 e. The van der Waals surface area contributed by atoms with Crippen LogP contribution < -0.4 is 0 Å².